The number of nitrogens with zero attached hydrogens (tertiary/aromatic N) is 3. The van der Waals surface area contributed by atoms with Crippen LogP contribution in [0.15, 0.2) is 18.2 Å². The van der Waals surface area contributed by atoms with E-state index in [2.05, 4.69) is 9.88 Å². The Balaban J connectivity index is 0.000000268. The number of rotatable bonds is 2. The van der Waals surface area contributed by atoms with Crippen molar-refractivity contribution in [2.45, 2.75) is 52.0 Å². The first-order chi connectivity index (χ1) is 13.5. The van der Waals surface area contributed by atoms with Gasteiger partial charge in [-0.1, -0.05) is 6.07 Å². The Kier molecular flexibility index (Phi) is 5.78. The number of carbonyl (C=O) groups is 1. The Hall–Kier alpha value is -1.79. The highest BCUT2D eigenvalue weighted by atomic mass is 32.1. The zero-order chi connectivity index (χ0) is 19.7. The molecule has 28 heavy (non-hydrogen) atoms. The van der Waals surface area contributed by atoms with E-state index < -0.39 is 0 Å². The summed E-state index contributed by atoms with van der Waals surface area (Å²) in [6.45, 7) is 8.08. The van der Waals surface area contributed by atoms with Gasteiger partial charge in [-0.2, -0.15) is 0 Å². The van der Waals surface area contributed by atoms with Gasteiger partial charge in [0, 0.05) is 24.7 Å². The van der Waals surface area contributed by atoms with E-state index in [4.69, 9.17) is 0 Å². The van der Waals surface area contributed by atoms with Crippen molar-refractivity contribution in [3.05, 3.63) is 40.2 Å². The fourth-order valence-corrected chi connectivity index (χ4v) is 5.05. The lowest BCUT2D eigenvalue weighted by Gasteiger charge is -2.50. The lowest BCUT2D eigenvalue weighted by Crippen LogP contribution is -2.57. The number of carbonyl (C=O) groups excluding carboxylic acids is 1. The molecule has 1 aromatic carbocycles. The number of fused-ring (bicyclic) bond motifs is 1. The molecule has 0 saturated carbocycles. The average Bonchev–Trinajstić information content (AvgIpc) is 3.06. The smallest absolute Gasteiger partial charge is 0.265 e. The molecule has 3 fully saturated rings. The van der Waals surface area contributed by atoms with Gasteiger partial charge >= 0.3 is 0 Å². The summed E-state index contributed by atoms with van der Waals surface area (Å²) in [6.07, 6.45) is 6.28. The zero-order valence-corrected chi connectivity index (χ0v) is 17.5. The number of aromatic nitrogens is 1. The van der Waals surface area contributed by atoms with Crippen LogP contribution in [0, 0.1) is 19.7 Å². The van der Waals surface area contributed by atoms with Crippen LogP contribution in [0.3, 0.4) is 0 Å². The van der Waals surface area contributed by atoms with E-state index in [0.29, 0.717) is 21.1 Å². The van der Waals surface area contributed by atoms with Gasteiger partial charge in [-0.05, 0) is 76.7 Å². The van der Waals surface area contributed by atoms with E-state index in [1.54, 1.807) is 6.07 Å². The topological polar surface area (TPSA) is 36.4 Å². The molecule has 150 valence electrons. The molecule has 3 aliphatic rings. The molecule has 0 unspecified atom stereocenters. The zero-order valence-electron chi connectivity index (χ0n) is 16.7. The van der Waals surface area contributed by atoms with E-state index >= 15 is 0 Å². The Bertz CT molecular complexity index is 841. The molecule has 4 nitrogen and oxygen atoms in total. The molecule has 0 aliphatic carbocycles. The van der Waals surface area contributed by atoms with Crippen LogP contribution in [-0.4, -0.2) is 52.9 Å². The highest BCUT2D eigenvalue weighted by molar-refractivity contribution is 7.17. The van der Waals surface area contributed by atoms with E-state index in [1.807, 2.05) is 24.8 Å². The Labute approximate surface area is 170 Å². The molecule has 0 bridgehead atoms. The fourth-order valence-electron chi connectivity index (χ4n) is 3.99. The minimum Gasteiger partial charge on any atom is -0.338 e. The first kappa shape index (κ1) is 19.5. The molecule has 1 amide bonds. The second-order valence-corrected chi connectivity index (χ2v) is 9.04. The van der Waals surface area contributed by atoms with Crippen molar-refractivity contribution in [1.82, 2.24) is 14.8 Å². The van der Waals surface area contributed by atoms with Crippen LogP contribution in [0.1, 0.15) is 53.0 Å². The summed E-state index contributed by atoms with van der Waals surface area (Å²) < 4.78 is 14.1. The second-order valence-electron chi connectivity index (χ2n) is 8.04. The average molecular weight is 402 g/mol. The van der Waals surface area contributed by atoms with Crippen LogP contribution in [-0.2, 0) is 0 Å². The van der Waals surface area contributed by atoms with Gasteiger partial charge in [-0.15, -0.1) is 11.3 Å². The lowest BCUT2D eigenvalue weighted by molar-refractivity contribution is -0.00222. The molecule has 4 heterocycles. The molecule has 6 heteroatoms. The molecular weight excluding hydrogens is 373 g/mol. The van der Waals surface area contributed by atoms with Gasteiger partial charge in [-0.3, -0.25) is 4.79 Å². The number of piperidine rings is 2. The summed E-state index contributed by atoms with van der Waals surface area (Å²) in [5, 5.41) is 0.579. The third-order valence-electron chi connectivity index (χ3n) is 6.00. The summed E-state index contributed by atoms with van der Waals surface area (Å²) in [6, 6.07) is 6.14. The molecule has 2 aromatic rings. The molecule has 0 N–H and O–H groups in total. The molecule has 0 atom stereocenters. The monoisotopic (exact) mass is 401 g/mol. The van der Waals surface area contributed by atoms with E-state index in [9.17, 15) is 9.18 Å². The maximum atomic E-state index is 14.1. The standard InChI is InChI=1S/C17H19FN2OS.C5H9N/c1-11-6-7-13(14(18)10-11)16-19-12(2)15(22-16)17(21)20-8-4-3-5-9-20;1-3-6-4-2-5(1)6/h6-7,10H,3-5,8-9H2,1-2H3;5H,1-4H2. The van der Waals surface area contributed by atoms with Gasteiger partial charge in [0.1, 0.15) is 15.7 Å². The Morgan fingerprint density at radius 3 is 2.32 bits per heavy atom. The number of hydrogen-bond donors (Lipinski definition) is 0. The predicted octanol–water partition coefficient (Wildman–Crippen LogP) is 4.66. The maximum Gasteiger partial charge on any atom is 0.265 e. The number of halogens is 1. The van der Waals surface area contributed by atoms with Crippen LogP contribution in [0.25, 0.3) is 10.6 Å². The first-order valence-electron chi connectivity index (χ1n) is 10.3. The van der Waals surface area contributed by atoms with Gasteiger partial charge in [0.05, 0.1) is 5.69 Å². The van der Waals surface area contributed by atoms with Gasteiger partial charge in [0.15, 0.2) is 0 Å². The van der Waals surface area contributed by atoms with Crippen LogP contribution >= 0.6 is 11.3 Å². The lowest BCUT2D eigenvalue weighted by atomic mass is 9.91. The largest absolute Gasteiger partial charge is 0.338 e. The third-order valence-corrected chi connectivity index (χ3v) is 7.18. The minimum atomic E-state index is -0.286. The van der Waals surface area contributed by atoms with E-state index in [1.165, 1.54) is 49.8 Å². The number of amides is 1. The quantitative estimate of drug-likeness (QED) is 0.735. The minimum absolute atomic E-state index is 0.0356. The van der Waals surface area contributed by atoms with Crippen molar-refractivity contribution < 1.29 is 9.18 Å². The molecule has 3 aliphatic heterocycles. The highest BCUT2D eigenvalue weighted by Gasteiger charge is 2.34. The summed E-state index contributed by atoms with van der Waals surface area (Å²) in [4.78, 5) is 22.1. The van der Waals surface area contributed by atoms with Crippen molar-refractivity contribution in [3.8, 4) is 10.6 Å². The maximum absolute atomic E-state index is 14.1. The van der Waals surface area contributed by atoms with Crippen LogP contribution in [0.2, 0.25) is 0 Å². The van der Waals surface area contributed by atoms with Crippen molar-refractivity contribution >= 4 is 17.2 Å². The highest BCUT2D eigenvalue weighted by Crippen LogP contribution is 2.31. The molecule has 0 radical (unpaired) electrons. The van der Waals surface area contributed by atoms with Crippen molar-refractivity contribution in [2.24, 2.45) is 0 Å². The van der Waals surface area contributed by atoms with Crippen LogP contribution < -0.4 is 0 Å². The fraction of sp³-hybridized carbons (Fsp3) is 0.545. The number of aryl methyl sites for hydroxylation is 2. The van der Waals surface area contributed by atoms with E-state index in [0.717, 1.165) is 37.5 Å². The van der Waals surface area contributed by atoms with Crippen molar-refractivity contribution in [1.29, 1.82) is 0 Å². The number of hydrogen-bond acceptors (Lipinski definition) is 4. The Morgan fingerprint density at radius 2 is 1.79 bits per heavy atom. The van der Waals surface area contributed by atoms with Gasteiger partial charge in [0.2, 0.25) is 0 Å². The van der Waals surface area contributed by atoms with Gasteiger partial charge < -0.3 is 9.80 Å². The second kappa shape index (κ2) is 8.29. The molecule has 5 rings (SSSR count). The number of thiazole rings is 1. The number of benzene rings is 1. The SMILES string of the molecule is C1CN2CCC12.Cc1ccc(-c2nc(C)c(C(=O)N3CCCCC3)s2)c(F)c1. The molecule has 1 aromatic heterocycles. The van der Waals surface area contributed by atoms with Crippen LogP contribution in [0.5, 0.6) is 0 Å². The van der Waals surface area contributed by atoms with Gasteiger partial charge in [0.25, 0.3) is 5.91 Å². The van der Waals surface area contributed by atoms with Crippen LogP contribution in [0.4, 0.5) is 4.39 Å². The third kappa shape index (κ3) is 3.98. The summed E-state index contributed by atoms with van der Waals surface area (Å²) in [5.41, 5.74) is 2.03. The summed E-state index contributed by atoms with van der Waals surface area (Å²) in [5.74, 6) is -0.251. The summed E-state index contributed by atoms with van der Waals surface area (Å²) >= 11 is 1.29. The first-order valence-corrected chi connectivity index (χ1v) is 11.1. The number of likely N-dealkylation sites (tertiary alicyclic amines) is 1. The van der Waals surface area contributed by atoms with Crippen molar-refractivity contribution in [2.75, 3.05) is 26.2 Å². The Morgan fingerprint density at radius 1 is 1.11 bits per heavy atom. The molecular formula is C22H28FN3OS. The van der Waals surface area contributed by atoms with Crippen molar-refractivity contribution in [3.63, 3.8) is 0 Å². The molecule has 3 saturated heterocycles. The van der Waals surface area contributed by atoms with E-state index in [-0.39, 0.29) is 11.7 Å². The molecule has 0 spiro atoms. The summed E-state index contributed by atoms with van der Waals surface area (Å²) in [7, 11) is 0. The normalized spacial score (nSPS) is 19.2. The predicted molar refractivity (Wildman–Crippen MR) is 111 cm³/mol. The van der Waals surface area contributed by atoms with Gasteiger partial charge in [-0.25, -0.2) is 9.37 Å².